The summed E-state index contributed by atoms with van der Waals surface area (Å²) >= 11 is 0. The van der Waals surface area contributed by atoms with E-state index in [1.807, 2.05) is 38.1 Å². The Morgan fingerprint density at radius 3 is 2.31 bits per heavy atom. The predicted octanol–water partition coefficient (Wildman–Crippen LogP) is 6.52. The first-order valence-corrected chi connectivity index (χ1v) is 14.9. The fourth-order valence-electron chi connectivity index (χ4n) is 5.26. The number of aryl methyl sites for hydroxylation is 2. The van der Waals surface area contributed by atoms with Gasteiger partial charge >= 0.3 is 6.18 Å². The van der Waals surface area contributed by atoms with Gasteiger partial charge in [-0.25, -0.2) is 8.78 Å². The van der Waals surface area contributed by atoms with E-state index in [2.05, 4.69) is 10.6 Å². The van der Waals surface area contributed by atoms with Crippen LogP contribution < -0.4 is 10.6 Å². The summed E-state index contributed by atoms with van der Waals surface area (Å²) in [6.07, 6.45) is -2.94. The van der Waals surface area contributed by atoms with E-state index >= 15 is 0 Å². The maximum atomic E-state index is 14.0. The third kappa shape index (κ3) is 8.76. The van der Waals surface area contributed by atoms with Crippen molar-refractivity contribution in [2.24, 2.45) is 0 Å². The fourth-order valence-corrected chi connectivity index (χ4v) is 5.26. The van der Waals surface area contributed by atoms with Crippen molar-refractivity contribution in [3.05, 3.63) is 106 Å². The van der Waals surface area contributed by atoms with Crippen LogP contribution in [0.2, 0.25) is 0 Å². The van der Waals surface area contributed by atoms with E-state index in [0.717, 1.165) is 48.4 Å². The molecule has 6 nitrogen and oxygen atoms in total. The molecular formula is C34H36F5N3O3. The van der Waals surface area contributed by atoms with Gasteiger partial charge < -0.3 is 20.3 Å². The number of unbranched alkanes of at least 4 members (excludes halogenated alkanes) is 1. The molecule has 0 aliphatic heterocycles. The maximum Gasteiger partial charge on any atom is 0.454 e. The lowest BCUT2D eigenvalue weighted by molar-refractivity contribution is -0.0884. The van der Waals surface area contributed by atoms with Crippen LogP contribution in [-0.2, 0) is 25.9 Å². The van der Waals surface area contributed by atoms with Gasteiger partial charge in [0.2, 0.25) is 0 Å². The fraction of sp³-hybridized carbons (Fsp3) is 0.353. The smallest absolute Gasteiger partial charge is 0.390 e. The second kappa shape index (κ2) is 14.8. The molecule has 0 aliphatic carbocycles. The van der Waals surface area contributed by atoms with Gasteiger partial charge in [0.05, 0.1) is 17.7 Å². The molecule has 4 rings (SSSR count). The van der Waals surface area contributed by atoms with Gasteiger partial charge in [-0.1, -0.05) is 50.6 Å². The lowest BCUT2D eigenvalue weighted by Crippen LogP contribution is -2.48. The molecule has 1 aromatic heterocycles. The van der Waals surface area contributed by atoms with Gasteiger partial charge in [-0.15, -0.1) is 0 Å². The van der Waals surface area contributed by atoms with E-state index in [9.17, 15) is 36.6 Å². The van der Waals surface area contributed by atoms with Gasteiger partial charge in [0.1, 0.15) is 11.6 Å². The van der Waals surface area contributed by atoms with Crippen LogP contribution in [0.25, 0.3) is 10.9 Å². The number of nitrogens with one attached hydrogen (secondary N) is 2. The van der Waals surface area contributed by atoms with Crippen LogP contribution in [0.5, 0.6) is 0 Å². The summed E-state index contributed by atoms with van der Waals surface area (Å²) in [5.41, 5.74) is 2.22. The molecule has 1 amide bonds. The normalized spacial score (nSPS) is 13.2. The molecule has 3 aromatic carbocycles. The van der Waals surface area contributed by atoms with E-state index < -0.39 is 47.2 Å². The van der Waals surface area contributed by atoms with Crippen molar-refractivity contribution < 1.29 is 36.6 Å². The quantitative estimate of drug-likeness (QED) is 0.110. The molecule has 0 bridgehead atoms. The number of aliphatic hydroxyl groups excluding tert-OH is 1. The monoisotopic (exact) mass is 629 g/mol. The van der Waals surface area contributed by atoms with E-state index in [1.165, 1.54) is 22.8 Å². The number of carbonyl (C=O) groups is 2. The van der Waals surface area contributed by atoms with E-state index in [4.69, 9.17) is 0 Å². The molecule has 0 radical (unpaired) electrons. The van der Waals surface area contributed by atoms with Gasteiger partial charge in [0.15, 0.2) is 0 Å². The number of alkyl halides is 3. The number of Topliss-reactive ketones (excluding diaryl/α,β-unsaturated/α-hetero) is 1. The minimum Gasteiger partial charge on any atom is -0.390 e. The van der Waals surface area contributed by atoms with E-state index in [0.29, 0.717) is 19.5 Å². The lowest BCUT2D eigenvalue weighted by Gasteiger charge is -2.25. The van der Waals surface area contributed by atoms with Crippen LogP contribution in [0, 0.1) is 11.6 Å². The van der Waals surface area contributed by atoms with Crippen molar-refractivity contribution in [3.8, 4) is 0 Å². The van der Waals surface area contributed by atoms with Gasteiger partial charge in [-0.05, 0) is 60.2 Å². The Morgan fingerprint density at radius 1 is 0.933 bits per heavy atom. The number of nitrogens with zero attached hydrogens (tertiary/aromatic N) is 1. The van der Waals surface area contributed by atoms with E-state index in [1.54, 1.807) is 0 Å². The number of rotatable bonds is 14. The number of amides is 1. The summed E-state index contributed by atoms with van der Waals surface area (Å²) in [6.45, 7) is 4.77. The second-order valence-corrected chi connectivity index (χ2v) is 11.1. The summed E-state index contributed by atoms with van der Waals surface area (Å²) in [5.74, 6) is -4.23. The Balaban J connectivity index is 1.59. The third-order valence-corrected chi connectivity index (χ3v) is 7.64. The van der Waals surface area contributed by atoms with Gasteiger partial charge in [0, 0.05) is 48.4 Å². The summed E-state index contributed by atoms with van der Waals surface area (Å²) in [7, 11) is 0. The zero-order chi connectivity index (χ0) is 32.7. The number of hydrogen-bond donors (Lipinski definition) is 3. The summed E-state index contributed by atoms with van der Waals surface area (Å²) < 4.78 is 69.4. The number of ketones is 1. The predicted molar refractivity (Wildman–Crippen MR) is 162 cm³/mol. The Morgan fingerprint density at radius 2 is 1.64 bits per heavy atom. The number of fused-ring (bicyclic) bond motifs is 1. The Kier molecular flexibility index (Phi) is 11.1. The zero-order valence-corrected chi connectivity index (χ0v) is 25.1. The molecule has 4 aromatic rings. The van der Waals surface area contributed by atoms with Gasteiger partial charge in [0.25, 0.3) is 11.7 Å². The van der Waals surface area contributed by atoms with Crippen LogP contribution in [-0.4, -0.2) is 46.2 Å². The average molecular weight is 630 g/mol. The summed E-state index contributed by atoms with van der Waals surface area (Å²) in [6, 6.07) is 13.9. The average Bonchev–Trinajstić information content (AvgIpc) is 3.35. The van der Waals surface area contributed by atoms with Crippen LogP contribution in [0.15, 0.2) is 66.9 Å². The van der Waals surface area contributed by atoms with Crippen LogP contribution in [0.1, 0.15) is 64.1 Å². The highest BCUT2D eigenvalue weighted by atomic mass is 19.4. The Bertz CT molecular complexity index is 1630. The first kappa shape index (κ1) is 33.8. The molecule has 0 saturated carbocycles. The Hall–Kier alpha value is -4.09. The van der Waals surface area contributed by atoms with Crippen molar-refractivity contribution in [3.63, 3.8) is 0 Å². The van der Waals surface area contributed by atoms with Crippen LogP contribution in [0.4, 0.5) is 22.0 Å². The maximum absolute atomic E-state index is 14.0. The molecule has 2 atom stereocenters. The molecule has 0 aliphatic rings. The molecule has 11 heteroatoms. The molecule has 0 saturated heterocycles. The topological polar surface area (TPSA) is 83.4 Å². The van der Waals surface area contributed by atoms with Crippen LogP contribution >= 0.6 is 0 Å². The lowest BCUT2D eigenvalue weighted by atomic mass is 9.99. The highest BCUT2D eigenvalue weighted by Crippen LogP contribution is 2.30. The minimum atomic E-state index is -5.06. The first-order valence-electron chi connectivity index (χ1n) is 14.9. The molecule has 0 spiro atoms. The highest BCUT2D eigenvalue weighted by Gasteiger charge is 2.41. The number of aliphatic hydroxyl groups is 1. The van der Waals surface area contributed by atoms with Gasteiger partial charge in [-0.2, -0.15) is 13.2 Å². The van der Waals surface area contributed by atoms with Gasteiger partial charge in [-0.3, -0.25) is 9.59 Å². The molecule has 0 fully saturated rings. The number of aromatic nitrogens is 1. The molecule has 240 valence electrons. The number of carbonyl (C=O) groups excluding carboxylic acids is 2. The van der Waals surface area contributed by atoms with Crippen LogP contribution in [0.3, 0.4) is 0 Å². The Labute approximate surface area is 258 Å². The minimum absolute atomic E-state index is 0.0426. The van der Waals surface area contributed by atoms with E-state index in [-0.39, 0.29) is 35.0 Å². The molecule has 3 N–H and O–H groups in total. The number of hydrogen-bond acceptors (Lipinski definition) is 4. The van der Waals surface area contributed by atoms with Crippen molar-refractivity contribution >= 4 is 22.6 Å². The molecule has 45 heavy (non-hydrogen) atoms. The van der Waals surface area contributed by atoms with Crippen molar-refractivity contribution in [2.75, 3.05) is 6.54 Å². The summed E-state index contributed by atoms with van der Waals surface area (Å²) in [5, 5.41) is 17.1. The second-order valence-electron chi connectivity index (χ2n) is 11.1. The molecule has 0 unspecified atom stereocenters. The van der Waals surface area contributed by atoms with Crippen molar-refractivity contribution in [1.82, 2.24) is 15.2 Å². The SMILES string of the molecule is CCCCn1cc(C(=O)C(F)(F)F)c2ccc(C(=O)N[C@@H](Cc3cc(F)cc(F)c3)[C@@H](O)CNCc3cccc(CC)c3)cc21. The first-order chi connectivity index (χ1) is 21.4. The molecular weight excluding hydrogens is 593 g/mol. The number of halogens is 5. The third-order valence-electron chi connectivity index (χ3n) is 7.64. The standard InChI is InChI=1S/C34H36F5N3O3/c1-3-5-11-42-20-28(32(44)34(37,38)39)27-10-9-24(16-30(27)42)33(45)41-29(15-23-13-25(35)17-26(36)14-23)31(43)19-40-18-22-8-6-7-21(4-2)12-22/h6-10,12-14,16-17,20,29,31,40,43H,3-5,11,15,18-19H2,1-2H3,(H,41,45)/t29-,31-/m0/s1. The summed E-state index contributed by atoms with van der Waals surface area (Å²) in [4.78, 5) is 25.6. The number of benzene rings is 3. The highest BCUT2D eigenvalue weighted by molar-refractivity contribution is 6.11. The van der Waals surface area contributed by atoms with Crippen molar-refractivity contribution in [1.29, 1.82) is 0 Å². The zero-order valence-electron chi connectivity index (χ0n) is 25.1. The molecule has 1 heterocycles. The van der Waals surface area contributed by atoms with Crippen molar-refractivity contribution in [2.45, 2.75) is 70.9 Å². The largest absolute Gasteiger partial charge is 0.454 e.